The molecule has 0 spiro atoms. The molecular formula is C13H10Br2O3P+. The van der Waals surface area contributed by atoms with Gasteiger partial charge < -0.3 is 0 Å². The summed E-state index contributed by atoms with van der Waals surface area (Å²) in [4.78, 5) is 9.02. The minimum atomic E-state index is -2.68. The van der Waals surface area contributed by atoms with Crippen molar-refractivity contribution in [2.45, 2.75) is 6.10 Å². The van der Waals surface area contributed by atoms with Gasteiger partial charge >= 0.3 is 8.25 Å². The van der Waals surface area contributed by atoms with Crippen LogP contribution in [0.1, 0.15) is 17.2 Å². The van der Waals surface area contributed by atoms with Crippen LogP contribution in [-0.4, -0.2) is 4.89 Å². The zero-order valence-corrected chi connectivity index (χ0v) is 13.7. The summed E-state index contributed by atoms with van der Waals surface area (Å²) in [5.41, 5.74) is 1.64. The van der Waals surface area contributed by atoms with Gasteiger partial charge in [-0.1, -0.05) is 56.1 Å². The van der Waals surface area contributed by atoms with Gasteiger partial charge in [0.15, 0.2) is 6.10 Å². The fourth-order valence-electron chi connectivity index (χ4n) is 1.68. The first-order chi connectivity index (χ1) is 9.06. The number of halogens is 2. The Morgan fingerprint density at radius 2 is 1.26 bits per heavy atom. The van der Waals surface area contributed by atoms with Crippen molar-refractivity contribution in [1.82, 2.24) is 0 Å². The summed E-state index contributed by atoms with van der Waals surface area (Å²) in [6.07, 6.45) is -0.560. The molecule has 0 amide bonds. The molecule has 0 fully saturated rings. The molecule has 0 aromatic heterocycles. The van der Waals surface area contributed by atoms with Crippen LogP contribution in [0.2, 0.25) is 0 Å². The van der Waals surface area contributed by atoms with Crippen LogP contribution >= 0.6 is 40.1 Å². The predicted octanol–water partition coefficient (Wildman–Crippen LogP) is 4.97. The number of hydrogen-bond donors (Lipinski definition) is 1. The Morgan fingerprint density at radius 1 is 0.895 bits per heavy atom. The van der Waals surface area contributed by atoms with Gasteiger partial charge in [-0.2, -0.15) is 0 Å². The highest BCUT2D eigenvalue weighted by atomic mass is 79.9. The van der Waals surface area contributed by atoms with E-state index in [4.69, 9.17) is 9.42 Å². The summed E-state index contributed by atoms with van der Waals surface area (Å²) in [5, 5.41) is 0. The zero-order chi connectivity index (χ0) is 13.8. The molecule has 0 bridgehead atoms. The lowest BCUT2D eigenvalue weighted by Gasteiger charge is -2.11. The molecule has 2 aromatic carbocycles. The normalized spacial score (nSPS) is 11.7. The van der Waals surface area contributed by atoms with E-state index in [9.17, 15) is 4.57 Å². The van der Waals surface area contributed by atoms with E-state index in [2.05, 4.69) is 31.9 Å². The van der Waals surface area contributed by atoms with Crippen LogP contribution in [-0.2, 0) is 9.09 Å². The second-order valence-corrected chi connectivity index (χ2v) is 6.34. The van der Waals surface area contributed by atoms with E-state index in [1.807, 2.05) is 48.5 Å². The lowest BCUT2D eigenvalue weighted by atomic mass is 10.0. The van der Waals surface area contributed by atoms with E-state index in [1.54, 1.807) is 0 Å². The SMILES string of the molecule is O=[P+](O)OC(c1ccc(Br)cc1)c1ccc(Br)cc1. The Hall–Kier alpha value is -0.580. The number of benzene rings is 2. The van der Waals surface area contributed by atoms with Crippen LogP contribution in [0.5, 0.6) is 0 Å². The molecule has 2 aromatic rings. The molecule has 1 N–H and O–H groups in total. The lowest BCUT2D eigenvalue weighted by Crippen LogP contribution is -2.02. The van der Waals surface area contributed by atoms with Crippen molar-refractivity contribution < 1.29 is 14.0 Å². The number of hydrogen-bond acceptors (Lipinski definition) is 2. The molecule has 0 saturated carbocycles. The molecule has 0 radical (unpaired) electrons. The van der Waals surface area contributed by atoms with Crippen molar-refractivity contribution in [2.24, 2.45) is 0 Å². The Morgan fingerprint density at radius 3 is 1.58 bits per heavy atom. The number of rotatable bonds is 4. The van der Waals surface area contributed by atoms with Gasteiger partial charge in [0.05, 0.1) is 0 Å². The monoisotopic (exact) mass is 403 g/mol. The van der Waals surface area contributed by atoms with Crippen molar-refractivity contribution in [3.8, 4) is 0 Å². The summed E-state index contributed by atoms with van der Waals surface area (Å²) in [6, 6.07) is 14.9. The topological polar surface area (TPSA) is 46.5 Å². The molecule has 19 heavy (non-hydrogen) atoms. The average Bonchev–Trinajstić information content (AvgIpc) is 2.38. The molecule has 0 saturated heterocycles. The summed E-state index contributed by atoms with van der Waals surface area (Å²) < 4.78 is 18.0. The third-order valence-corrected chi connectivity index (χ3v) is 3.99. The van der Waals surface area contributed by atoms with Crippen molar-refractivity contribution in [3.05, 3.63) is 68.6 Å². The molecule has 0 heterocycles. The van der Waals surface area contributed by atoms with Gasteiger partial charge in [-0.05, 0) is 35.4 Å². The molecule has 98 valence electrons. The van der Waals surface area contributed by atoms with Crippen molar-refractivity contribution in [2.75, 3.05) is 0 Å². The highest BCUT2D eigenvalue weighted by molar-refractivity contribution is 9.10. The van der Waals surface area contributed by atoms with E-state index in [0.717, 1.165) is 20.1 Å². The molecule has 0 aliphatic carbocycles. The largest absolute Gasteiger partial charge is 0.695 e. The molecule has 1 unspecified atom stereocenters. The van der Waals surface area contributed by atoms with E-state index in [0.29, 0.717) is 0 Å². The Kier molecular flexibility index (Phi) is 5.25. The van der Waals surface area contributed by atoms with Crippen molar-refractivity contribution in [1.29, 1.82) is 0 Å². The van der Waals surface area contributed by atoms with Crippen molar-refractivity contribution in [3.63, 3.8) is 0 Å². The Balaban J connectivity index is 2.37. The highest BCUT2D eigenvalue weighted by Gasteiger charge is 2.26. The minimum Gasteiger partial charge on any atom is -0.133 e. The van der Waals surface area contributed by atoms with E-state index < -0.39 is 14.4 Å². The van der Waals surface area contributed by atoms with Gasteiger partial charge in [0.25, 0.3) is 0 Å². The Bertz CT molecular complexity index is 524. The van der Waals surface area contributed by atoms with Crippen LogP contribution in [0, 0.1) is 0 Å². The molecule has 6 heteroatoms. The van der Waals surface area contributed by atoms with Crippen LogP contribution in [0.3, 0.4) is 0 Å². The van der Waals surface area contributed by atoms with Crippen molar-refractivity contribution >= 4 is 40.1 Å². The third kappa shape index (κ3) is 4.20. The molecule has 0 aliphatic heterocycles. The van der Waals surface area contributed by atoms with Gasteiger partial charge in [0, 0.05) is 13.5 Å². The molecule has 1 atom stereocenters. The second-order valence-electron chi connectivity index (χ2n) is 3.83. The van der Waals surface area contributed by atoms with Crippen LogP contribution < -0.4 is 0 Å². The van der Waals surface area contributed by atoms with E-state index in [1.165, 1.54) is 0 Å². The quantitative estimate of drug-likeness (QED) is 0.732. The average molecular weight is 405 g/mol. The van der Waals surface area contributed by atoms with E-state index >= 15 is 0 Å². The van der Waals surface area contributed by atoms with Crippen LogP contribution in [0.25, 0.3) is 0 Å². The maximum absolute atomic E-state index is 11.0. The summed E-state index contributed by atoms with van der Waals surface area (Å²) in [7, 11) is -2.68. The first-order valence-corrected chi connectivity index (χ1v) is 8.12. The lowest BCUT2D eigenvalue weighted by molar-refractivity contribution is 0.226. The molecular weight excluding hydrogens is 395 g/mol. The molecule has 0 aliphatic rings. The molecule has 3 nitrogen and oxygen atoms in total. The van der Waals surface area contributed by atoms with Gasteiger partial charge in [-0.3, -0.25) is 0 Å². The first kappa shape index (κ1) is 14.8. The fourth-order valence-corrected chi connectivity index (χ4v) is 2.63. The summed E-state index contributed by atoms with van der Waals surface area (Å²) >= 11 is 6.71. The predicted molar refractivity (Wildman–Crippen MR) is 81.0 cm³/mol. The van der Waals surface area contributed by atoms with E-state index in [-0.39, 0.29) is 0 Å². The third-order valence-electron chi connectivity index (χ3n) is 2.54. The van der Waals surface area contributed by atoms with Crippen LogP contribution in [0.15, 0.2) is 57.5 Å². The zero-order valence-electron chi connectivity index (χ0n) is 9.66. The standard InChI is InChI=1S/C13H9Br2O3P/c14-11-5-1-9(2-6-11)13(18-19(16)17)10-3-7-12(15)8-4-10/h1-8,13H/p+1. The maximum atomic E-state index is 11.0. The minimum absolute atomic E-state index is 0.560. The fraction of sp³-hybridized carbons (Fsp3) is 0.0769. The Labute approximate surface area is 128 Å². The summed E-state index contributed by atoms with van der Waals surface area (Å²) in [6.45, 7) is 0. The van der Waals surface area contributed by atoms with Gasteiger partial charge in [-0.25, -0.2) is 0 Å². The highest BCUT2D eigenvalue weighted by Crippen LogP contribution is 2.35. The maximum Gasteiger partial charge on any atom is 0.695 e. The van der Waals surface area contributed by atoms with Crippen LogP contribution in [0.4, 0.5) is 0 Å². The first-order valence-electron chi connectivity index (χ1n) is 5.40. The summed E-state index contributed by atoms with van der Waals surface area (Å²) in [5.74, 6) is 0. The van der Waals surface area contributed by atoms with Gasteiger partial charge in [-0.15, -0.1) is 9.42 Å². The smallest absolute Gasteiger partial charge is 0.133 e. The van der Waals surface area contributed by atoms with Gasteiger partial charge in [0.2, 0.25) is 0 Å². The molecule has 2 rings (SSSR count). The van der Waals surface area contributed by atoms with Gasteiger partial charge in [0.1, 0.15) is 0 Å². The second kappa shape index (κ2) is 6.73.